The van der Waals surface area contributed by atoms with Crippen LogP contribution < -0.4 is 5.32 Å². The standard InChI is InChI=1S/C18H18N2O2S/c1-12-10-17(20-22-12)19-18(21)13(2)23-11-15-8-5-7-14-6-3-4-9-16(14)15/h3-10,13H,11H2,1-2H3,(H,19,20,21). The minimum atomic E-state index is -0.175. The molecule has 2 aromatic carbocycles. The molecule has 1 amide bonds. The number of aryl methyl sites for hydroxylation is 1. The number of carbonyl (C=O) groups is 1. The second-order valence-corrected chi connectivity index (χ2v) is 6.73. The first kappa shape index (κ1) is 15.6. The van der Waals surface area contributed by atoms with Crippen LogP contribution in [0.4, 0.5) is 5.82 Å². The van der Waals surface area contributed by atoms with Gasteiger partial charge in [-0.3, -0.25) is 4.79 Å². The van der Waals surface area contributed by atoms with Crippen LogP contribution in [-0.2, 0) is 10.5 Å². The van der Waals surface area contributed by atoms with Crippen LogP contribution in [0.25, 0.3) is 10.8 Å². The fraction of sp³-hybridized carbons (Fsp3) is 0.222. The molecule has 1 N–H and O–H groups in total. The van der Waals surface area contributed by atoms with E-state index in [-0.39, 0.29) is 11.2 Å². The van der Waals surface area contributed by atoms with Gasteiger partial charge < -0.3 is 9.84 Å². The Bertz CT molecular complexity index is 823. The molecular weight excluding hydrogens is 308 g/mol. The number of fused-ring (bicyclic) bond motifs is 1. The van der Waals surface area contributed by atoms with Gasteiger partial charge in [0.1, 0.15) is 5.76 Å². The third kappa shape index (κ3) is 3.74. The zero-order valence-electron chi connectivity index (χ0n) is 13.1. The number of hydrogen-bond donors (Lipinski definition) is 1. The van der Waals surface area contributed by atoms with Crippen LogP contribution in [-0.4, -0.2) is 16.3 Å². The molecule has 1 atom stereocenters. The summed E-state index contributed by atoms with van der Waals surface area (Å²) >= 11 is 1.61. The summed E-state index contributed by atoms with van der Waals surface area (Å²) in [5.74, 6) is 1.86. The van der Waals surface area contributed by atoms with Crippen molar-refractivity contribution in [3.05, 3.63) is 59.9 Å². The first-order chi connectivity index (χ1) is 11.1. The quantitative estimate of drug-likeness (QED) is 0.755. The predicted molar refractivity (Wildman–Crippen MR) is 94.6 cm³/mol. The van der Waals surface area contributed by atoms with Gasteiger partial charge in [0, 0.05) is 11.8 Å². The molecule has 118 valence electrons. The monoisotopic (exact) mass is 326 g/mol. The van der Waals surface area contributed by atoms with E-state index in [4.69, 9.17) is 4.52 Å². The summed E-state index contributed by atoms with van der Waals surface area (Å²) < 4.78 is 4.95. The molecule has 0 fully saturated rings. The van der Waals surface area contributed by atoms with Gasteiger partial charge >= 0.3 is 0 Å². The Morgan fingerprint density at radius 2 is 2.04 bits per heavy atom. The molecule has 0 aliphatic carbocycles. The smallest absolute Gasteiger partial charge is 0.238 e. The third-order valence-corrected chi connectivity index (χ3v) is 4.81. The molecule has 23 heavy (non-hydrogen) atoms. The number of rotatable bonds is 5. The Balaban J connectivity index is 1.63. The van der Waals surface area contributed by atoms with E-state index < -0.39 is 0 Å². The van der Waals surface area contributed by atoms with Crippen LogP contribution >= 0.6 is 11.8 Å². The largest absolute Gasteiger partial charge is 0.360 e. The molecule has 0 spiro atoms. The molecule has 0 saturated carbocycles. The number of amides is 1. The summed E-state index contributed by atoms with van der Waals surface area (Å²) in [6.07, 6.45) is 0. The number of aromatic nitrogens is 1. The van der Waals surface area contributed by atoms with Crippen LogP contribution in [0, 0.1) is 6.92 Å². The topological polar surface area (TPSA) is 55.1 Å². The van der Waals surface area contributed by atoms with Gasteiger partial charge in [0.25, 0.3) is 0 Å². The lowest BCUT2D eigenvalue weighted by Gasteiger charge is -2.11. The van der Waals surface area contributed by atoms with Crippen LogP contribution in [0.2, 0.25) is 0 Å². The zero-order chi connectivity index (χ0) is 16.2. The average Bonchev–Trinajstić information content (AvgIpc) is 2.97. The molecule has 0 bridgehead atoms. The van der Waals surface area contributed by atoms with Crippen molar-refractivity contribution in [2.45, 2.75) is 24.9 Å². The van der Waals surface area contributed by atoms with E-state index in [2.05, 4.69) is 40.8 Å². The van der Waals surface area contributed by atoms with Crippen molar-refractivity contribution in [1.29, 1.82) is 0 Å². The fourth-order valence-corrected chi connectivity index (χ4v) is 3.25. The Kier molecular flexibility index (Phi) is 4.67. The van der Waals surface area contributed by atoms with Crippen molar-refractivity contribution < 1.29 is 9.32 Å². The summed E-state index contributed by atoms with van der Waals surface area (Å²) in [5.41, 5.74) is 1.24. The average molecular weight is 326 g/mol. The number of benzene rings is 2. The summed E-state index contributed by atoms with van der Waals surface area (Å²) in [6.45, 7) is 3.69. The van der Waals surface area contributed by atoms with Crippen molar-refractivity contribution >= 4 is 34.3 Å². The molecule has 3 rings (SSSR count). The number of hydrogen-bond acceptors (Lipinski definition) is 4. The van der Waals surface area contributed by atoms with E-state index in [1.807, 2.05) is 19.1 Å². The third-order valence-electron chi connectivity index (χ3n) is 3.62. The maximum absolute atomic E-state index is 12.2. The van der Waals surface area contributed by atoms with Crippen molar-refractivity contribution in [3.8, 4) is 0 Å². The van der Waals surface area contributed by atoms with E-state index in [1.165, 1.54) is 16.3 Å². The summed E-state index contributed by atoms with van der Waals surface area (Å²) in [4.78, 5) is 12.2. The minimum absolute atomic E-state index is 0.0662. The molecule has 5 heteroatoms. The molecule has 0 saturated heterocycles. The molecule has 1 unspecified atom stereocenters. The van der Waals surface area contributed by atoms with Gasteiger partial charge in [-0.2, -0.15) is 0 Å². The van der Waals surface area contributed by atoms with Crippen LogP contribution in [0.5, 0.6) is 0 Å². The number of nitrogens with one attached hydrogen (secondary N) is 1. The highest BCUT2D eigenvalue weighted by molar-refractivity contribution is 7.99. The summed E-state index contributed by atoms with van der Waals surface area (Å²) in [7, 11) is 0. The second-order valence-electron chi connectivity index (χ2n) is 5.40. The highest BCUT2D eigenvalue weighted by Crippen LogP contribution is 2.25. The van der Waals surface area contributed by atoms with Gasteiger partial charge in [-0.1, -0.05) is 47.6 Å². The number of thioether (sulfide) groups is 1. The van der Waals surface area contributed by atoms with Crippen molar-refractivity contribution in [3.63, 3.8) is 0 Å². The highest BCUT2D eigenvalue weighted by Gasteiger charge is 2.15. The lowest BCUT2D eigenvalue weighted by molar-refractivity contribution is -0.115. The second kappa shape index (κ2) is 6.87. The van der Waals surface area contributed by atoms with Crippen LogP contribution in [0.3, 0.4) is 0 Å². The number of nitrogens with zero attached hydrogens (tertiary/aromatic N) is 1. The molecule has 0 aliphatic rings. The molecule has 3 aromatic rings. The van der Waals surface area contributed by atoms with Gasteiger partial charge in [0.05, 0.1) is 5.25 Å². The predicted octanol–water partition coefficient (Wildman–Crippen LogP) is 4.40. The summed E-state index contributed by atoms with van der Waals surface area (Å²) in [6, 6.07) is 16.3. The molecule has 1 heterocycles. The molecular formula is C18H18N2O2S. The Hall–Kier alpha value is -2.27. The van der Waals surface area contributed by atoms with Crippen molar-refractivity contribution in [1.82, 2.24) is 5.16 Å². The maximum Gasteiger partial charge on any atom is 0.238 e. The van der Waals surface area contributed by atoms with Crippen LogP contribution in [0.1, 0.15) is 18.2 Å². The highest BCUT2D eigenvalue weighted by atomic mass is 32.2. The zero-order valence-corrected chi connectivity index (χ0v) is 13.9. The first-order valence-electron chi connectivity index (χ1n) is 7.46. The van der Waals surface area contributed by atoms with Crippen molar-refractivity contribution in [2.24, 2.45) is 0 Å². The van der Waals surface area contributed by atoms with Gasteiger partial charge in [-0.05, 0) is 30.2 Å². The van der Waals surface area contributed by atoms with Crippen molar-refractivity contribution in [2.75, 3.05) is 5.32 Å². The molecule has 0 radical (unpaired) electrons. The van der Waals surface area contributed by atoms with E-state index in [1.54, 1.807) is 24.8 Å². The Morgan fingerprint density at radius 1 is 1.26 bits per heavy atom. The van der Waals surface area contributed by atoms with E-state index in [0.29, 0.717) is 11.6 Å². The van der Waals surface area contributed by atoms with Crippen LogP contribution in [0.15, 0.2) is 53.1 Å². The van der Waals surface area contributed by atoms with Gasteiger partial charge in [0.15, 0.2) is 5.82 Å². The molecule has 4 nitrogen and oxygen atoms in total. The van der Waals surface area contributed by atoms with Gasteiger partial charge in [0.2, 0.25) is 5.91 Å². The molecule has 0 aliphatic heterocycles. The minimum Gasteiger partial charge on any atom is -0.360 e. The SMILES string of the molecule is Cc1cc(NC(=O)C(C)SCc2cccc3ccccc23)no1. The van der Waals surface area contributed by atoms with Gasteiger partial charge in [-0.15, -0.1) is 11.8 Å². The number of anilines is 1. The van der Waals surface area contributed by atoms with E-state index in [9.17, 15) is 4.79 Å². The summed E-state index contributed by atoms with van der Waals surface area (Å²) in [5, 5.41) is 8.84. The van der Waals surface area contributed by atoms with E-state index >= 15 is 0 Å². The van der Waals surface area contributed by atoms with E-state index in [0.717, 1.165) is 5.75 Å². The maximum atomic E-state index is 12.2. The Morgan fingerprint density at radius 3 is 2.83 bits per heavy atom. The lowest BCUT2D eigenvalue weighted by Crippen LogP contribution is -2.22. The number of carbonyl (C=O) groups excluding carboxylic acids is 1. The van der Waals surface area contributed by atoms with Gasteiger partial charge in [-0.25, -0.2) is 0 Å². The first-order valence-corrected chi connectivity index (χ1v) is 8.51. The fourth-order valence-electron chi connectivity index (χ4n) is 2.36. The lowest BCUT2D eigenvalue weighted by atomic mass is 10.1. The Labute approximate surface area is 139 Å². The normalized spacial score (nSPS) is 12.3. The molecule has 1 aromatic heterocycles.